The summed E-state index contributed by atoms with van der Waals surface area (Å²) in [6.45, 7) is -0.282. The van der Waals surface area contributed by atoms with Crippen LogP contribution in [0.15, 0.2) is 23.2 Å². The van der Waals surface area contributed by atoms with Crippen molar-refractivity contribution in [1.29, 1.82) is 0 Å². The Morgan fingerprint density at radius 2 is 2.12 bits per heavy atom. The number of ether oxygens (including phenoxy) is 2. The fraction of sp³-hybridized carbons (Fsp3) is 0.529. The number of nitrogens with zero attached hydrogens (tertiary/aromatic N) is 1. The summed E-state index contributed by atoms with van der Waals surface area (Å²) in [6.07, 6.45) is 2.03. The molecule has 1 aromatic rings. The first-order chi connectivity index (χ1) is 12.5. The van der Waals surface area contributed by atoms with Crippen molar-refractivity contribution in [2.75, 3.05) is 20.2 Å². The third-order valence-corrected chi connectivity index (χ3v) is 3.59. The van der Waals surface area contributed by atoms with E-state index in [2.05, 4.69) is 25.7 Å². The van der Waals surface area contributed by atoms with Gasteiger partial charge < -0.3 is 25.4 Å². The second-order valence-corrected chi connectivity index (χ2v) is 5.74. The van der Waals surface area contributed by atoms with Crippen LogP contribution in [0.5, 0.6) is 11.5 Å². The molecule has 1 amide bonds. The number of guanidine groups is 1. The van der Waals surface area contributed by atoms with Crippen molar-refractivity contribution >= 4 is 11.9 Å². The van der Waals surface area contributed by atoms with Gasteiger partial charge >= 0.3 is 6.61 Å². The van der Waals surface area contributed by atoms with Gasteiger partial charge in [-0.1, -0.05) is 0 Å². The van der Waals surface area contributed by atoms with Crippen LogP contribution in [0.25, 0.3) is 0 Å². The average molecular weight is 370 g/mol. The zero-order valence-corrected chi connectivity index (χ0v) is 14.9. The maximum Gasteiger partial charge on any atom is 0.387 e. The summed E-state index contributed by atoms with van der Waals surface area (Å²) in [4.78, 5) is 16.1. The summed E-state index contributed by atoms with van der Waals surface area (Å²) in [6, 6.07) is 4.83. The average Bonchev–Trinajstić information content (AvgIpc) is 3.41. The van der Waals surface area contributed by atoms with E-state index in [1.807, 2.05) is 6.92 Å². The number of benzene rings is 1. The first kappa shape index (κ1) is 19.7. The molecular weight excluding hydrogens is 346 g/mol. The number of methoxy groups -OCH3 is 1. The van der Waals surface area contributed by atoms with E-state index < -0.39 is 6.61 Å². The SMILES string of the molecule is CCNC(=NCc1cc(OC)ccc1OC(F)F)NCC(=O)NC1CC1. The van der Waals surface area contributed by atoms with Gasteiger partial charge in [0.1, 0.15) is 11.5 Å². The van der Waals surface area contributed by atoms with Gasteiger partial charge in [-0.2, -0.15) is 8.78 Å². The molecule has 3 N–H and O–H groups in total. The van der Waals surface area contributed by atoms with Crippen LogP contribution in [0.1, 0.15) is 25.3 Å². The molecular formula is C17H24F2N4O3. The molecule has 7 nitrogen and oxygen atoms in total. The number of amides is 1. The number of carbonyl (C=O) groups excluding carboxylic acids is 1. The zero-order chi connectivity index (χ0) is 18.9. The van der Waals surface area contributed by atoms with E-state index >= 15 is 0 Å². The molecule has 0 bridgehead atoms. The molecule has 0 heterocycles. The Morgan fingerprint density at radius 3 is 2.73 bits per heavy atom. The Morgan fingerprint density at radius 1 is 1.35 bits per heavy atom. The first-order valence-corrected chi connectivity index (χ1v) is 8.45. The Balaban J connectivity index is 2.02. The van der Waals surface area contributed by atoms with Crippen LogP contribution in [0.2, 0.25) is 0 Å². The van der Waals surface area contributed by atoms with Crippen molar-refractivity contribution in [3.05, 3.63) is 23.8 Å². The molecule has 0 radical (unpaired) electrons. The van der Waals surface area contributed by atoms with Crippen molar-refractivity contribution in [2.24, 2.45) is 4.99 Å². The minimum Gasteiger partial charge on any atom is -0.497 e. The Labute approximate surface area is 151 Å². The van der Waals surface area contributed by atoms with Gasteiger partial charge in [-0.25, -0.2) is 4.99 Å². The van der Waals surface area contributed by atoms with Gasteiger partial charge in [-0.05, 0) is 38.0 Å². The number of nitrogens with one attached hydrogen (secondary N) is 3. The fourth-order valence-electron chi connectivity index (χ4n) is 2.19. The standard InChI is InChI=1S/C17H24F2N4O3/c1-3-20-17(22-10-15(24)23-12-4-5-12)21-9-11-8-13(25-2)6-7-14(11)26-16(18)19/h6-8,12,16H,3-5,9-10H2,1-2H3,(H,23,24)(H2,20,21,22). The third-order valence-electron chi connectivity index (χ3n) is 3.59. The summed E-state index contributed by atoms with van der Waals surface area (Å²) in [5.74, 6) is 0.843. The summed E-state index contributed by atoms with van der Waals surface area (Å²) in [5.41, 5.74) is 0.448. The van der Waals surface area contributed by atoms with Gasteiger partial charge in [0.25, 0.3) is 0 Å². The molecule has 1 aliphatic rings. The topological polar surface area (TPSA) is 84.0 Å². The molecule has 0 spiro atoms. The Hall–Kier alpha value is -2.58. The summed E-state index contributed by atoms with van der Waals surface area (Å²) < 4.78 is 34.8. The number of hydrogen-bond donors (Lipinski definition) is 3. The molecule has 1 saturated carbocycles. The Bertz CT molecular complexity index is 636. The minimum absolute atomic E-state index is 0.0341. The smallest absolute Gasteiger partial charge is 0.387 e. The van der Waals surface area contributed by atoms with Crippen LogP contribution in [-0.4, -0.2) is 44.7 Å². The first-order valence-electron chi connectivity index (χ1n) is 8.45. The van der Waals surface area contributed by atoms with Crippen LogP contribution in [0, 0.1) is 0 Å². The van der Waals surface area contributed by atoms with E-state index in [1.165, 1.54) is 19.2 Å². The molecule has 0 atom stereocenters. The molecule has 1 fully saturated rings. The van der Waals surface area contributed by atoms with E-state index in [0.717, 1.165) is 12.8 Å². The van der Waals surface area contributed by atoms with Gasteiger partial charge in [-0.3, -0.25) is 4.79 Å². The molecule has 0 aliphatic heterocycles. The van der Waals surface area contributed by atoms with E-state index in [4.69, 9.17) is 4.74 Å². The van der Waals surface area contributed by atoms with Crippen molar-refractivity contribution in [1.82, 2.24) is 16.0 Å². The maximum atomic E-state index is 12.6. The predicted octanol–water partition coefficient (Wildman–Crippen LogP) is 1.63. The molecule has 1 aromatic carbocycles. The van der Waals surface area contributed by atoms with Crippen LogP contribution in [0.3, 0.4) is 0 Å². The number of rotatable bonds is 9. The molecule has 1 aliphatic carbocycles. The molecule has 26 heavy (non-hydrogen) atoms. The third kappa shape index (κ3) is 6.73. The van der Waals surface area contributed by atoms with E-state index in [-0.39, 0.29) is 30.8 Å². The lowest BCUT2D eigenvalue weighted by Gasteiger charge is -2.13. The van der Waals surface area contributed by atoms with Crippen molar-refractivity contribution in [2.45, 2.75) is 39.0 Å². The maximum absolute atomic E-state index is 12.6. The molecule has 144 valence electrons. The largest absolute Gasteiger partial charge is 0.497 e. The van der Waals surface area contributed by atoms with Crippen molar-refractivity contribution in [3.8, 4) is 11.5 Å². The molecule has 9 heteroatoms. The second kappa shape index (κ2) is 9.79. The lowest BCUT2D eigenvalue weighted by molar-refractivity contribution is -0.120. The number of halogens is 2. The van der Waals surface area contributed by atoms with E-state index in [0.29, 0.717) is 23.8 Å². The van der Waals surface area contributed by atoms with Crippen LogP contribution < -0.4 is 25.4 Å². The van der Waals surface area contributed by atoms with E-state index in [9.17, 15) is 13.6 Å². The van der Waals surface area contributed by atoms with Crippen molar-refractivity contribution < 1.29 is 23.0 Å². The highest BCUT2D eigenvalue weighted by Crippen LogP contribution is 2.26. The highest BCUT2D eigenvalue weighted by atomic mass is 19.3. The highest BCUT2D eigenvalue weighted by Gasteiger charge is 2.23. The molecule has 0 aromatic heterocycles. The monoisotopic (exact) mass is 370 g/mol. The highest BCUT2D eigenvalue weighted by molar-refractivity contribution is 5.86. The summed E-state index contributed by atoms with van der Waals surface area (Å²) in [5, 5.41) is 8.79. The zero-order valence-electron chi connectivity index (χ0n) is 14.9. The number of hydrogen-bond acceptors (Lipinski definition) is 4. The van der Waals surface area contributed by atoms with Gasteiger partial charge in [0.2, 0.25) is 5.91 Å². The van der Waals surface area contributed by atoms with Gasteiger partial charge in [0.15, 0.2) is 5.96 Å². The number of carbonyl (C=O) groups is 1. The normalized spacial score (nSPS) is 14.1. The fourth-order valence-corrected chi connectivity index (χ4v) is 2.19. The van der Waals surface area contributed by atoms with Crippen LogP contribution >= 0.6 is 0 Å². The summed E-state index contributed by atoms with van der Waals surface area (Å²) in [7, 11) is 1.49. The van der Waals surface area contributed by atoms with Gasteiger partial charge in [0.05, 0.1) is 20.2 Å². The van der Waals surface area contributed by atoms with Crippen molar-refractivity contribution in [3.63, 3.8) is 0 Å². The second-order valence-electron chi connectivity index (χ2n) is 5.74. The van der Waals surface area contributed by atoms with Gasteiger partial charge in [0, 0.05) is 18.2 Å². The van der Waals surface area contributed by atoms with Crippen LogP contribution in [-0.2, 0) is 11.3 Å². The lowest BCUT2D eigenvalue weighted by atomic mass is 10.2. The quantitative estimate of drug-likeness (QED) is 0.455. The van der Waals surface area contributed by atoms with Crippen LogP contribution in [0.4, 0.5) is 8.78 Å². The lowest BCUT2D eigenvalue weighted by Crippen LogP contribution is -2.43. The van der Waals surface area contributed by atoms with Gasteiger partial charge in [-0.15, -0.1) is 0 Å². The molecule has 0 unspecified atom stereocenters. The number of alkyl halides is 2. The van der Waals surface area contributed by atoms with E-state index in [1.54, 1.807) is 6.07 Å². The molecule has 2 rings (SSSR count). The minimum atomic E-state index is -2.93. The Kier molecular flexibility index (Phi) is 7.43. The predicted molar refractivity (Wildman–Crippen MR) is 93.6 cm³/mol. The summed E-state index contributed by atoms with van der Waals surface area (Å²) >= 11 is 0. The number of aliphatic imine (C=N–C) groups is 1. The molecule has 0 saturated heterocycles.